The zero-order valence-corrected chi connectivity index (χ0v) is 13.2. The van der Waals surface area contributed by atoms with Crippen LogP contribution < -0.4 is 4.72 Å². The first kappa shape index (κ1) is 17.4. The van der Waals surface area contributed by atoms with Gasteiger partial charge in [0, 0.05) is 19.6 Å². The van der Waals surface area contributed by atoms with Crippen LogP contribution in [0.25, 0.3) is 0 Å². The van der Waals surface area contributed by atoms with Gasteiger partial charge in [0.25, 0.3) is 10.2 Å². The topological polar surface area (TPSA) is 86.7 Å². The van der Waals surface area contributed by atoms with E-state index in [1.54, 1.807) is 0 Å². The number of carboxylic acids is 1. The van der Waals surface area contributed by atoms with Crippen LogP contribution in [-0.4, -0.2) is 43.4 Å². The lowest BCUT2D eigenvalue weighted by molar-refractivity contribution is -0.137. The quantitative estimate of drug-likeness (QED) is 0.699. The number of aliphatic carboxylic acids is 1. The summed E-state index contributed by atoms with van der Waals surface area (Å²) in [6.45, 7) is 1.89. The summed E-state index contributed by atoms with van der Waals surface area (Å²) >= 11 is 0. The monoisotopic (exact) mass is 306 g/mol. The molecule has 118 valence electrons. The van der Waals surface area contributed by atoms with Crippen molar-refractivity contribution in [3.8, 4) is 0 Å². The Hall–Kier alpha value is -0.660. The van der Waals surface area contributed by atoms with Gasteiger partial charge in [-0.2, -0.15) is 17.4 Å². The van der Waals surface area contributed by atoms with Gasteiger partial charge in [0.15, 0.2) is 0 Å². The van der Waals surface area contributed by atoms with Crippen molar-refractivity contribution >= 4 is 16.2 Å². The number of carbonyl (C=O) groups is 1. The molecule has 1 aliphatic rings. The Kier molecular flexibility index (Phi) is 6.91. The predicted octanol–water partition coefficient (Wildman–Crippen LogP) is 1.59. The van der Waals surface area contributed by atoms with E-state index < -0.39 is 16.2 Å². The Morgan fingerprint density at radius 1 is 1.30 bits per heavy atom. The Labute approximate surface area is 121 Å². The first-order valence-electron chi connectivity index (χ1n) is 7.28. The standard InChI is InChI=1S/C13H26N2O4S/c1-11(12-7-5-3-4-6-8-12)14-20(18,19)15(2)10-9-13(16)17/h11-12,14H,3-10H2,1-2H3,(H,16,17)/t11-/m1/s1. The molecule has 0 saturated heterocycles. The van der Waals surface area contributed by atoms with E-state index in [2.05, 4.69) is 4.72 Å². The van der Waals surface area contributed by atoms with Gasteiger partial charge >= 0.3 is 5.97 Å². The van der Waals surface area contributed by atoms with Crippen molar-refractivity contribution in [1.29, 1.82) is 0 Å². The Balaban J connectivity index is 2.52. The molecule has 0 aromatic heterocycles. The van der Waals surface area contributed by atoms with Gasteiger partial charge in [0.2, 0.25) is 0 Å². The van der Waals surface area contributed by atoms with Crippen molar-refractivity contribution < 1.29 is 18.3 Å². The molecular weight excluding hydrogens is 280 g/mol. The second-order valence-electron chi connectivity index (χ2n) is 5.63. The number of nitrogens with one attached hydrogen (secondary N) is 1. The lowest BCUT2D eigenvalue weighted by Crippen LogP contribution is -2.45. The van der Waals surface area contributed by atoms with Crippen LogP contribution in [0.1, 0.15) is 51.9 Å². The summed E-state index contributed by atoms with van der Waals surface area (Å²) in [7, 11) is -2.19. The first-order valence-corrected chi connectivity index (χ1v) is 8.72. The third-order valence-electron chi connectivity index (χ3n) is 3.99. The SMILES string of the molecule is C[C@@H](NS(=O)(=O)N(C)CCC(=O)O)C1CCCCCC1. The van der Waals surface area contributed by atoms with Gasteiger partial charge in [-0.1, -0.05) is 25.7 Å². The molecule has 1 saturated carbocycles. The second kappa shape index (κ2) is 7.95. The molecule has 0 spiro atoms. The maximum atomic E-state index is 12.1. The summed E-state index contributed by atoms with van der Waals surface area (Å²) in [5.74, 6) is -0.621. The van der Waals surface area contributed by atoms with Crippen LogP contribution in [0.4, 0.5) is 0 Å². The lowest BCUT2D eigenvalue weighted by atomic mass is 9.94. The molecule has 1 aliphatic carbocycles. The average molecular weight is 306 g/mol. The summed E-state index contributed by atoms with van der Waals surface area (Å²) in [6, 6.07) is -0.106. The van der Waals surface area contributed by atoms with Crippen molar-refractivity contribution in [2.24, 2.45) is 5.92 Å². The Bertz CT molecular complexity index is 403. The largest absolute Gasteiger partial charge is 0.481 e. The highest BCUT2D eigenvalue weighted by Crippen LogP contribution is 2.25. The Morgan fingerprint density at radius 3 is 2.35 bits per heavy atom. The van der Waals surface area contributed by atoms with E-state index in [1.807, 2.05) is 6.92 Å². The molecule has 1 rings (SSSR count). The van der Waals surface area contributed by atoms with Crippen molar-refractivity contribution in [3.05, 3.63) is 0 Å². The van der Waals surface area contributed by atoms with Gasteiger partial charge in [-0.3, -0.25) is 4.79 Å². The zero-order valence-electron chi connectivity index (χ0n) is 12.3. The maximum absolute atomic E-state index is 12.1. The van der Waals surface area contributed by atoms with Gasteiger partial charge in [-0.15, -0.1) is 0 Å². The minimum atomic E-state index is -3.60. The van der Waals surface area contributed by atoms with Gasteiger partial charge in [-0.05, 0) is 25.7 Å². The summed E-state index contributed by atoms with van der Waals surface area (Å²) in [5, 5.41) is 8.60. The van der Waals surface area contributed by atoms with Crippen LogP contribution in [0.5, 0.6) is 0 Å². The van der Waals surface area contributed by atoms with Gasteiger partial charge in [0.05, 0.1) is 6.42 Å². The minimum Gasteiger partial charge on any atom is -0.481 e. The van der Waals surface area contributed by atoms with Crippen LogP contribution in [-0.2, 0) is 15.0 Å². The van der Waals surface area contributed by atoms with Crippen molar-refractivity contribution in [2.45, 2.75) is 57.9 Å². The third-order valence-corrected chi connectivity index (χ3v) is 5.67. The summed E-state index contributed by atoms with van der Waals surface area (Å²) < 4.78 is 28.0. The summed E-state index contributed by atoms with van der Waals surface area (Å²) in [6.07, 6.45) is 6.71. The molecule has 0 aromatic carbocycles. The molecule has 0 heterocycles. The molecule has 1 atom stereocenters. The fraction of sp³-hybridized carbons (Fsp3) is 0.923. The fourth-order valence-corrected chi connectivity index (χ4v) is 3.78. The third kappa shape index (κ3) is 5.76. The normalized spacial score (nSPS) is 19.8. The Morgan fingerprint density at radius 2 is 1.85 bits per heavy atom. The van der Waals surface area contributed by atoms with E-state index in [1.165, 1.54) is 19.9 Å². The fourth-order valence-electron chi connectivity index (χ4n) is 2.61. The first-order chi connectivity index (χ1) is 9.33. The second-order valence-corrected chi connectivity index (χ2v) is 7.44. The molecule has 0 radical (unpaired) electrons. The van der Waals surface area contributed by atoms with Crippen LogP contribution in [0.3, 0.4) is 0 Å². The highest BCUT2D eigenvalue weighted by Gasteiger charge is 2.26. The molecule has 0 amide bonds. The van der Waals surface area contributed by atoms with Crippen LogP contribution in [0.15, 0.2) is 0 Å². The predicted molar refractivity (Wildman–Crippen MR) is 77.6 cm³/mol. The maximum Gasteiger partial charge on any atom is 0.304 e. The van der Waals surface area contributed by atoms with E-state index in [0.29, 0.717) is 5.92 Å². The molecule has 2 N–H and O–H groups in total. The summed E-state index contributed by atoms with van der Waals surface area (Å²) in [4.78, 5) is 10.5. The molecule has 0 aromatic rings. The molecule has 0 bridgehead atoms. The highest BCUT2D eigenvalue weighted by molar-refractivity contribution is 7.87. The molecule has 0 aliphatic heterocycles. The number of hydrogen-bond acceptors (Lipinski definition) is 3. The van der Waals surface area contributed by atoms with E-state index >= 15 is 0 Å². The molecule has 1 fully saturated rings. The highest BCUT2D eigenvalue weighted by atomic mass is 32.2. The lowest BCUT2D eigenvalue weighted by Gasteiger charge is -2.26. The number of carboxylic acid groups (broad SMARTS) is 1. The van der Waals surface area contributed by atoms with Gasteiger partial charge in [0.1, 0.15) is 0 Å². The number of hydrogen-bond donors (Lipinski definition) is 2. The van der Waals surface area contributed by atoms with Gasteiger partial charge < -0.3 is 5.11 Å². The average Bonchev–Trinajstić information content (AvgIpc) is 2.63. The van der Waals surface area contributed by atoms with Crippen LogP contribution >= 0.6 is 0 Å². The van der Waals surface area contributed by atoms with Crippen molar-refractivity contribution in [3.63, 3.8) is 0 Å². The molecular formula is C13H26N2O4S. The van der Waals surface area contributed by atoms with E-state index in [4.69, 9.17) is 5.11 Å². The van der Waals surface area contributed by atoms with Crippen LogP contribution in [0.2, 0.25) is 0 Å². The van der Waals surface area contributed by atoms with Crippen molar-refractivity contribution in [2.75, 3.05) is 13.6 Å². The molecule has 7 heteroatoms. The minimum absolute atomic E-state index is 0.0119. The van der Waals surface area contributed by atoms with Crippen molar-refractivity contribution in [1.82, 2.24) is 9.03 Å². The van der Waals surface area contributed by atoms with E-state index in [-0.39, 0.29) is 19.0 Å². The molecule has 6 nitrogen and oxygen atoms in total. The zero-order chi connectivity index (χ0) is 15.2. The van der Waals surface area contributed by atoms with Crippen LogP contribution in [0, 0.1) is 5.92 Å². The number of nitrogens with zero attached hydrogens (tertiary/aromatic N) is 1. The summed E-state index contributed by atoms with van der Waals surface area (Å²) in [5.41, 5.74) is 0. The smallest absolute Gasteiger partial charge is 0.304 e. The number of rotatable bonds is 7. The van der Waals surface area contributed by atoms with Gasteiger partial charge in [-0.25, -0.2) is 0 Å². The molecule has 20 heavy (non-hydrogen) atoms. The van der Waals surface area contributed by atoms with E-state index in [0.717, 1.165) is 30.0 Å². The molecule has 0 unspecified atom stereocenters. The van der Waals surface area contributed by atoms with E-state index in [9.17, 15) is 13.2 Å².